The highest BCUT2D eigenvalue weighted by Crippen LogP contribution is 2.18. The molecular formula is C19H21BrN2O2. The Balaban J connectivity index is 2.16. The smallest absolute Gasteiger partial charge is 0.251 e. The first-order valence-corrected chi connectivity index (χ1v) is 8.65. The van der Waals surface area contributed by atoms with Crippen LogP contribution in [0.3, 0.4) is 0 Å². The molecule has 0 radical (unpaired) electrons. The Morgan fingerprint density at radius 1 is 1.00 bits per heavy atom. The fourth-order valence-corrected chi connectivity index (χ4v) is 2.55. The number of hydrogen-bond donors (Lipinski definition) is 2. The monoisotopic (exact) mass is 388 g/mol. The van der Waals surface area contributed by atoms with Gasteiger partial charge in [-0.3, -0.25) is 9.59 Å². The number of amides is 2. The number of nitrogens with one attached hydrogen (secondary N) is 2. The minimum absolute atomic E-state index is 0.134. The van der Waals surface area contributed by atoms with Crippen molar-refractivity contribution < 1.29 is 9.59 Å². The van der Waals surface area contributed by atoms with Crippen LogP contribution in [0.4, 0.5) is 5.69 Å². The van der Waals surface area contributed by atoms with Gasteiger partial charge in [0.2, 0.25) is 5.91 Å². The fraction of sp³-hybridized carbons (Fsp3) is 0.263. The molecule has 4 nitrogen and oxygen atoms in total. The van der Waals surface area contributed by atoms with Gasteiger partial charge in [0.05, 0.1) is 0 Å². The van der Waals surface area contributed by atoms with E-state index in [9.17, 15) is 9.59 Å². The van der Waals surface area contributed by atoms with Gasteiger partial charge >= 0.3 is 0 Å². The summed E-state index contributed by atoms with van der Waals surface area (Å²) in [5.74, 6) is -0.165. The van der Waals surface area contributed by atoms with Crippen LogP contribution in [0.5, 0.6) is 0 Å². The van der Waals surface area contributed by atoms with Gasteiger partial charge in [0, 0.05) is 16.6 Å². The third-order valence-electron chi connectivity index (χ3n) is 3.41. The first kappa shape index (κ1) is 18.2. The van der Waals surface area contributed by atoms with Gasteiger partial charge in [-0.1, -0.05) is 60.1 Å². The predicted molar refractivity (Wildman–Crippen MR) is 99.6 cm³/mol. The average Bonchev–Trinajstić information content (AvgIpc) is 2.55. The normalized spacial score (nSPS) is 11.8. The summed E-state index contributed by atoms with van der Waals surface area (Å²) in [6.07, 6.45) is 0.384. The Morgan fingerprint density at radius 2 is 1.62 bits per heavy atom. The van der Waals surface area contributed by atoms with Crippen molar-refractivity contribution in [2.45, 2.75) is 26.3 Å². The molecule has 1 atom stereocenters. The number of carbonyl (C=O) groups is 2. The van der Waals surface area contributed by atoms with Crippen molar-refractivity contribution in [1.29, 1.82) is 0 Å². The number of hydrogen-bond acceptors (Lipinski definition) is 2. The molecule has 24 heavy (non-hydrogen) atoms. The molecule has 0 saturated carbocycles. The lowest BCUT2D eigenvalue weighted by atomic mass is 10.0. The largest absolute Gasteiger partial charge is 0.341 e. The highest BCUT2D eigenvalue weighted by molar-refractivity contribution is 9.10. The Labute approximate surface area is 150 Å². The molecule has 1 unspecified atom stereocenters. The third-order valence-corrected chi connectivity index (χ3v) is 3.93. The van der Waals surface area contributed by atoms with Gasteiger partial charge in [-0.05, 0) is 35.7 Å². The van der Waals surface area contributed by atoms with Crippen LogP contribution in [-0.2, 0) is 9.59 Å². The number of halogens is 1. The molecule has 0 heterocycles. The highest BCUT2D eigenvalue weighted by Gasteiger charge is 2.23. The van der Waals surface area contributed by atoms with E-state index in [0.29, 0.717) is 12.1 Å². The van der Waals surface area contributed by atoms with E-state index in [1.165, 1.54) is 0 Å². The zero-order valence-corrected chi connectivity index (χ0v) is 15.3. The second-order valence-electron chi connectivity index (χ2n) is 6.01. The van der Waals surface area contributed by atoms with E-state index in [0.717, 1.165) is 10.0 Å². The molecule has 0 bridgehead atoms. The number of carbonyl (C=O) groups excluding carboxylic acids is 2. The molecule has 2 rings (SSSR count). The van der Waals surface area contributed by atoms with Crippen molar-refractivity contribution >= 4 is 33.4 Å². The Hall–Kier alpha value is -2.14. The van der Waals surface area contributed by atoms with E-state index >= 15 is 0 Å². The van der Waals surface area contributed by atoms with Crippen molar-refractivity contribution in [3.05, 3.63) is 64.6 Å². The summed E-state index contributed by atoms with van der Waals surface area (Å²) in [4.78, 5) is 24.8. The maximum Gasteiger partial charge on any atom is 0.251 e. The van der Waals surface area contributed by atoms with E-state index in [-0.39, 0.29) is 17.7 Å². The summed E-state index contributed by atoms with van der Waals surface area (Å²) in [6.45, 7) is 3.94. The summed E-state index contributed by atoms with van der Waals surface area (Å²) in [7, 11) is 0. The standard InChI is InChI=1S/C19H21BrN2O2/c1-13(2)12-17(23)22-18(14-6-4-3-5-7-14)19(24)21-16-10-8-15(20)9-11-16/h3-11,13,18H,12H2,1-2H3,(H,21,24)(H,22,23). The maximum absolute atomic E-state index is 12.7. The third kappa shape index (κ3) is 5.49. The van der Waals surface area contributed by atoms with Crippen molar-refractivity contribution in [2.75, 3.05) is 5.32 Å². The highest BCUT2D eigenvalue weighted by atomic mass is 79.9. The minimum atomic E-state index is -0.721. The molecule has 126 valence electrons. The van der Waals surface area contributed by atoms with Gasteiger partial charge in [0.15, 0.2) is 0 Å². The van der Waals surface area contributed by atoms with E-state index in [1.54, 1.807) is 12.1 Å². The maximum atomic E-state index is 12.7. The van der Waals surface area contributed by atoms with E-state index < -0.39 is 6.04 Å². The van der Waals surface area contributed by atoms with E-state index in [4.69, 9.17) is 0 Å². The van der Waals surface area contributed by atoms with E-state index in [2.05, 4.69) is 26.6 Å². The minimum Gasteiger partial charge on any atom is -0.341 e. The van der Waals surface area contributed by atoms with Crippen LogP contribution < -0.4 is 10.6 Å². The van der Waals surface area contributed by atoms with Crippen LogP contribution in [0.2, 0.25) is 0 Å². The first-order valence-electron chi connectivity index (χ1n) is 7.86. The number of rotatable bonds is 6. The first-order chi connectivity index (χ1) is 11.5. The second kappa shape index (κ2) is 8.64. The SMILES string of the molecule is CC(C)CC(=O)NC(C(=O)Nc1ccc(Br)cc1)c1ccccc1. The molecule has 5 heteroatoms. The molecule has 0 saturated heterocycles. The van der Waals surface area contributed by atoms with Crippen LogP contribution in [-0.4, -0.2) is 11.8 Å². The predicted octanol–water partition coefficient (Wildman–Crippen LogP) is 4.29. The van der Waals surface area contributed by atoms with Gasteiger partial charge < -0.3 is 10.6 Å². The topological polar surface area (TPSA) is 58.2 Å². The molecule has 0 aliphatic rings. The zero-order valence-electron chi connectivity index (χ0n) is 13.8. The Morgan fingerprint density at radius 3 is 2.21 bits per heavy atom. The van der Waals surface area contributed by atoms with E-state index in [1.807, 2.05) is 56.3 Å². The molecule has 2 aromatic carbocycles. The van der Waals surface area contributed by atoms with Crippen LogP contribution in [0.25, 0.3) is 0 Å². The zero-order chi connectivity index (χ0) is 17.5. The van der Waals surface area contributed by atoms with Crippen LogP contribution >= 0.6 is 15.9 Å². The van der Waals surface area contributed by atoms with Crippen LogP contribution in [0.15, 0.2) is 59.1 Å². The molecule has 0 fully saturated rings. The molecular weight excluding hydrogens is 368 g/mol. The molecule has 0 aromatic heterocycles. The summed E-state index contributed by atoms with van der Waals surface area (Å²) < 4.78 is 0.936. The average molecular weight is 389 g/mol. The number of benzene rings is 2. The van der Waals surface area contributed by atoms with Crippen LogP contribution in [0, 0.1) is 5.92 Å². The van der Waals surface area contributed by atoms with Crippen LogP contribution in [0.1, 0.15) is 31.9 Å². The molecule has 0 spiro atoms. The van der Waals surface area contributed by atoms with Crippen molar-refractivity contribution in [2.24, 2.45) is 5.92 Å². The lowest BCUT2D eigenvalue weighted by Crippen LogP contribution is -2.37. The quantitative estimate of drug-likeness (QED) is 0.775. The molecule has 2 aromatic rings. The van der Waals surface area contributed by atoms with Gasteiger partial charge in [-0.2, -0.15) is 0 Å². The van der Waals surface area contributed by atoms with Gasteiger partial charge in [-0.15, -0.1) is 0 Å². The summed E-state index contributed by atoms with van der Waals surface area (Å²) in [5.41, 5.74) is 1.44. The summed E-state index contributed by atoms with van der Waals surface area (Å²) in [5, 5.41) is 5.69. The van der Waals surface area contributed by atoms with Crippen molar-refractivity contribution in [3.8, 4) is 0 Å². The molecule has 0 aliphatic heterocycles. The Kier molecular flexibility index (Phi) is 6.55. The lowest BCUT2D eigenvalue weighted by molar-refractivity contribution is -0.127. The lowest BCUT2D eigenvalue weighted by Gasteiger charge is -2.19. The molecule has 2 amide bonds. The van der Waals surface area contributed by atoms with Crippen molar-refractivity contribution in [3.63, 3.8) is 0 Å². The summed E-state index contributed by atoms with van der Waals surface area (Å²) in [6, 6.07) is 15.8. The van der Waals surface area contributed by atoms with Gasteiger partial charge in [-0.25, -0.2) is 0 Å². The molecule has 0 aliphatic carbocycles. The van der Waals surface area contributed by atoms with Crippen molar-refractivity contribution in [1.82, 2.24) is 5.32 Å². The Bertz CT molecular complexity index is 684. The number of anilines is 1. The fourth-order valence-electron chi connectivity index (χ4n) is 2.28. The van der Waals surface area contributed by atoms with Gasteiger partial charge in [0.25, 0.3) is 5.91 Å². The molecule has 2 N–H and O–H groups in total. The second-order valence-corrected chi connectivity index (χ2v) is 6.92. The summed E-state index contributed by atoms with van der Waals surface area (Å²) >= 11 is 3.36. The van der Waals surface area contributed by atoms with Gasteiger partial charge in [0.1, 0.15) is 6.04 Å².